The molecule has 2 rings (SSSR count). The van der Waals surface area contributed by atoms with Crippen LogP contribution in [-0.4, -0.2) is 62.3 Å². The third kappa shape index (κ3) is 4.22. The molecule has 0 unspecified atom stereocenters. The molecule has 1 N–H and O–H groups in total. The summed E-state index contributed by atoms with van der Waals surface area (Å²) in [7, 11) is -3.51. The van der Waals surface area contributed by atoms with Gasteiger partial charge in [0.2, 0.25) is 15.9 Å². The predicted molar refractivity (Wildman–Crippen MR) is 99.1 cm³/mol. The van der Waals surface area contributed by atoms with E-state index in [1.165, 1.54) is 0 Å². The molecule has 0 radical (unpaired) electrons. The van der Waals surface area contributed by atoms with Crippen molar-refractivity contribution in [3.05, 3.63) is 28.8 Å². The number of benzene rings is 1. The van der Waals surface area contributed by atoms with Crippen molar-refractivity contribution in [2.45, 2.75) is 45.6 Å². The van der Waals surface area contributed by atoms with E-state index in [9.17, 15) is 13.2 Å². The van der Waals surface area contributed by atoms with Crippen LogP contribution in [0.1, 0.15) is 30.5 Å². The number of hydrogen-bond donors (Lipinski definition) is 1. The third-order valence-corrected chi connectivity index (χ3v) is 6.96. The summed E-state index contributed by atoms with van der Waals surface area (Å²) in [6, 6.07) is 3.58. The molecule has 0 aromatic heterocycles. The van der Waals surface area contributed by atoms with E-state index >= 15 is 0 Å². The number of carbonyl (C=O) groups is 1. The van der Waals surface area contributed by atoms with Crippen molar-refractivity contribution in [1.82, 2.24) is 14.5 Å². The second-order valence-electron chi connectivity index (χ2n) is 6.74. The minimum absolute atomic E-state index is 0.0102. The van der Waals surface area contributed by atoms with E-state index in [1.54, 1.807) is 4.31 Å². The Morgan fingerprint density at radius 1 is 1.12 bits per heavy atom. The van der Waals surface area contributed by atoms with Gasteiger partial charge in [-0.05, 0) is 45.7 Å². The van der Waals surface area contributed by atoms with Crippen LogP contribution in [0.5, 0.6) is 0 Å². The zero-order valence-corrected chi connectivity index (χ0v) is 16.6. The second-order valence-corrected chi connectivity index (χ2v) is 8.61. The first-order valence-electron chi connectivity index (χ1n) is 8.78. The Kier molecular flexibility index (Phi) is 6.24. The molecule has 25 heavy (non-hydrogen) atoms. The summed E-state index contributed by atoms with van der Waals surface area (Å²) in [6.45, 7) is 11.9. The van der Waals surface area contributed by atoms with Gasteiger partial charge in [-0.3, -0.25) is 9.69 Å². The second kappa shape index (κ2) is 7.85. The number of sulfonamides is 1. The summed E-state index contributed by atoms with van der Waals surface area (Å²) < 4.78 is 27.7. The molecule has 1 atom stereocenters. The molecule has 1 fully saturated rings. The smallest absolute Gasteiger partial charge is 0.243 e. The summed E-state index contributed by atoms with van der Waals surface area (Å²) in [6.07, 6.45) is 0. The van der Waals surface area contributed by atoms with Gasteiger partial charge in [-0.15, -0.1) is 0 Å². The normalized spacial score (nSPS) is 18.1. The molecule has 1 aliphatic rings. The van der Waals surface area contributed by atoms with E-state index < -0.39 is 10.0 Å². The largest absolute Gasteiger partial charge is 0.355 e. The molecule has 1 heterocycles. The van der Waals surface area contributed by atoms with Crippen LogP contribution in [0.25, 0.3) is 0 Å². The third-order valence-electron chi connectivity index (χ3n) is 4.75. The number of rotatable bonds is 5. The average molecular weight is 368 g/mol. The topological polar surface area (TPSA) is 69.7 Å². The zero-order chi connectivity index (χ0) is 18.8. The fourth-order valence-corrected chi connectivity index (χ4v) is 5.36. The zero-order valence-electron chi connectivity index (χ0n) is 15.8. The summed E-state index contributed by atoms with van der Waals surface area (Å²) in [4.78, 5) is 14.4. The van der Waals surface area contributed by atoms with Crippen LogP contribution in [0.4, 0.5) is 0 Å². The van der Waals surface area contributed by atoms with Crippen molar-refractivity contribution in [3.8, 4) is 0 Å². The van der Waals surface area contributed by atoms with Gasteiger partial charge in [0, 0.05) is 32.7 Å². The summed E-state index contributed by atoms with van der Waals surface area (Å²) >= 11 is 0. The van der Waals surface area contributed by atoms with Gasteiger partial charge >= 0.3 is 0 Å². The Labute approximate surface area is 151 Å². The first-order valence-corrected chi connectivity index (χ1v) is 10.2. The minimum atomic E-state index is -3.51. The minimum Gasteiger partial charge on any atom is -0.355 e. The van der Waals surface area contributed by atoms with E-state index in [0.29, 0.717) is 37.6 Å². The molecule has 140 valence electrons. The maximum Gasteiger partial charge on any atom is 0.243 e. The number of hydrogen-bond acceptors (Lipinski definition) is 4. The van der Waals surface area contributed by atoms with E-state index in [2.05, 4.69) is 5.32 Å². The molecule has 1 aromatic rings. The van der Waals surface area contributed by atoms with Crippen molar-refractivity contribution in [2.75, 3.05) is 32.7 Å². The first-order chi connectivity index (χ1) is 11.7. The highest BCUT2D eigenvalue weighted by Gasteiger charge is 2.33. The highest BCUT2D eigenvalue weighted by atomic mass is 32.2. The fraction of sp³-hybridized carbons (Fsp3) is 0.611. The maximum absolute atomic E-state index is 13.1. The van der Waals surface area contributed by atoms with Crippen LogP contribution in [0.15, 0.2) is 17.0 Å². The Bertz CT molecular complexity index is 715. The van der Waals surface area contributed by atoms with Crippen LogP contribution < -0.4 is 5.32 Å². The Hall–Kier alpha value is -1.44. The standard InChI is InChI=1S/C18H29N3O3S/c1-6-19-18(22)16(5)20-7-9-21(10-8-20)25(23,24)17-14(3)11-13(2)12-15(17)4/h11-12,16H,6-10H2,1-5H3,(H,19,22)/t16-/m1/s1. The summed E-state index contributed by atoms with van der Waals surface area (Å²) in [5.74, 6) is -0.0102. The molecule has 0 spiro atoms. The molecule has 6 nitrogen and oxygen atoms in total. The average Bonchev–Trinajstić information content (AvgIpc) is 2.53. The molecular formula is C18H29N3O3S. The number of aryl methyl sites for hydroxylation is 3. The van der Waals surface area contributed by atoms with Gasteiger partial charge in [-0.2, -0.15) is 4.31 Å². The van der Waals surface area contributed by atoms with E-state index in [4.69, 9.17) is 0 Å². The van der Waals surface area contributed by atoms with Crippen LogP contribution in [-0.2, 0) is 14.8 Å². The van der Waals surface area contributed by atoms with Gasteiger partial charge in [0.25, 0.3) is 0 Å². The lowest BCUT2D eigenvalue weighted by Gasteiger charge is -2.37. The SMILES string of the molecule is CCNC(=O)[C@@H](C)N1CCN(S(=O)(=O)c2c(C)cc(C)cc2C)CC1. The molecule has 0 aliphatic carbocycles. The Morgan fingerprint density at radius 2 is 1.64 bits per heavy atom. The van der Waals surface area contributed by atoms with E-state index in [0.717, 1.165) is 16.7 Å². The molecule has 1 amide bonds. The molecule has 0 bridgehead atoms. The lowest BCUT2D eigenvalue weighted by molar-refractivity contribution is -0.126. The van der Waals surface area contributed by atoms with Crippen molar-refractivity contribution < 1.29 is 13.2 Å². The van der Waals surface area contributed by atoms with Gasteiger partial charge in [0.15, 0.2) is 0 Å². The van der Waals surface area contributed by atoms with Crippen molar-refractivity contribution >= 4 is 15.9 Å². The maximum atomic E-state index is 13.1. The molecule has 7 heteroatoms. The summed E-state index contributed by atoms with van der Waals surface area (Å²) in [5.41, 5.74) is 2.64. The summed E-state index contributed by atoms with van der Waals surface area (Å²) in [5, 5.41) is 2.82. The lowest BCUT2D eigenvalue weighted by atomic mass is 10.1. The van der Waals surface area contributed by atoms with Crippen LogP contribution in [0.3, 0.4) is 0 Å². The number of carbonyl (C=O) groups excluding carboxylic acids is 1. The van der Waals surface area contributed by atoms with Gasteiger partial charge < -0.3 is 5.32 Å². The van der Waals surface area contributed by atoms with Crippen molar-refractivity contribution in [2.24, 2.45) is 0 Å². The molecule has 0 saturated carbocycles. The van der Waals surface area contributed by atoms with Gasteiger partial charge in [0.1, 0.15) is 0 Å². The highest BCUT2D eigenvalue weighted by Crippen LogP contribution is 2.26. The number of amides is 1. The Balaban J connectivity index is 2.13. The molecule has 1 aromatic carbocycles. The fourth-order valence-electron chi connectivity index (χ4n) is 3.52. The molecule has 1 saturated heterocycles. The lowest BCUT2D eigenvalue weighted by Crippen LogP contribution is -2.54. The number of nitrogens with one attached hydrogen (secondary N) is 1. The van der Waals surface area contributed by atoms with Gasteiger partial charge in [0.05, 0.1) is 10.9 Å². The van der Waals surface area contributed by atoms with Gasteiger partial charge in [-0.25, -0.2) is 8.42 Å². The highest BCUT2D eigenvalue weighted by molar-refractivity contribution is 7.89. The quantitative estimate of drug-likeness (QED) is 0.855. The van der Waals surface area contributed by atoms with Gasteiger partial charge in [-0.1, -0.05) is 17.7 Å². The van der Waals surface area contributed by atoms with Crippen molar-refractivity contribution in [1.29, 1.82) is 0 Å². The van der Waals surface area contributed by atoms with E-state index in [1.807, 2.05) is 51.7 Å². The van der Waals surface area contributed by atoms with Crippen LogP contribution in [0.2, 0.25) is 0 Å². The van der Waals surface area contributed by atoms with Crippen molar-refractivity contribution in [3.63, 3.8) is 0 Å². The monoisotopic (exact) mass is 367 g/mol. The number of piperazine rings is 1. The van der Waals surface area contributed by atoms with Crippen LogP contribution in [0, 0.1) is 20.8 Å². The number of nitrogens with zero attached hydrogens (tertiary/aromatic N) is 2. The van der Waals surface area contributed by atoms with E-state index in [-0.39, 0.29) is 11.9 Å². The van der Waals surface area contributed by atoms with Crippen LogP contribution >= 0.6 is 0 Å². The molecular weight excluding hydrogens is 338 g/mol. The Morgan fingerprint density at radius 3 is 2.12 bits per heavy atom. The first kappa shape index (κ1) is 19.9. The number of likely N-dealkylation sites (N-methyl/N-ethyl adjacent to an activating group) is 1. The molecule has 1 aliphatic heterocycles. The predicted octanol–water partition coefficient (Wildman–Crippen LogP) is 1.44.